The maximum atomic E-state index is 5.91. The molecule has 0 saturated heterocycles. The molecule has 3 N–H and O–H groups in total. The molecule has 0 saturated carbocycles. The van der Waals surface area contributed by atoms with Gasteiger partial charge in [-0.05, 0) is 18.6 Å². The van der Waals surface area contributed by atoms with E-state index >= 15 is 0 Å². The highest BCUT2D eigenvalue weighted by Gasteiger charge is 1.96. The van der Waals surface area contributed by atoms with E-state index in [1.807, 2.05) is 30.3 Å². The van der Waals surface area contributed by atoms with Crippen molar-refractivity contribution in [3.63, 3.8) is 0 Å². The van der Waals surface area contributed by atoms with Crippen LogP contribution in [-0.2, 0) is 0 Å². The highest BCUT2D eigenvalue weighted by molar-refractivity contribution is 5.92. The number of nitrogens with two attached hydrogens (primary N) is 1. The van der Waals surface area contributed by atoms with Gasteiger partial charge in [0.05, 0.1) is 0 Å². The number of benzene rings is 1. The van der Waals surface area contributed by atoms with E-state index in [2.05, 4.69) is 17.2 Å². The summed E-state index contributed by atoms with van der Waals surface area (Å²) in [5.41, 5.74) is 6.91. The van der Waals surface area contributed by atoms with Crippen LogP contribution in [0.5, 0.6) is 0 Å². The summed E-state index contributed by atoms with van der Waals surface area (Å²) in [5, 5.41) is 3.12. The van der Waals surface area contributed by atoms with Gasteiger partial charge in [0.25, 0.3) is 0 Å². The first-order valence-electron chi connectivity index (χ1n) is 11.9. The van der Waals surface area contributed by atoms with E-state index in [4.69, 9.17) is 5.73 Å². The van der Waals surface area contributed by atoms with E-state index in [-0.39, 0.29) is 0 Å². The van der Waals surface area contributed by atoms with E-state index in [0.29, 0.717) is 5.96 Å². The van der Waals surface area contributed by atoms with Crippen molar-refractivity contribution in [3.05, 3.63) is 30.3 Å². The molecule has 0 aromatic heterocycles. The Hall–Kier alpha value is -1.51. The van der Waals surface area contributed by atoms with Crippen LogP contribution in [0.15, 0.2) is 35.3 Å². The van der Waals surface area contributed by atoms with E-state index in [0.717, 1.165) is 18.7 Å². The van der Waals surface area contributed by atoms with Gasteiger partial charge in [-0.1, -0.05) is 121 Å². The molecule has 0 atom stereocenters. The fourth-order valence-electron chi connectivity index (χ4n) is 3.57. The summed E-state index contributed by atoms with van der Waals surface area (Å²) in [6, 6.07) is 9.97. The van der Waals surface area contributed by atoms with Gasteiger partial charge in [0.1, 0.15) is 0 Å². The number of guanidine groups is 1. The number of aliphatic imine (C=N–C) groups is 1. The second kappa shape index (κ2) is 18.8. The number of nitrogens with zero attached hydrogens (tertiary/aromatic N) is 1. The highest BCUT2D eigenvalue weighted by atomic mass is 15.1. The molecular weight excluding hydrogens is 342 g/mol. The monoisotopic (exact) mass is 387 g/mol. The Balaban J connectivity index is 1.79. The molecule has 0 fully saturated rings. The molecule has 0 aliphatic rings. The molecule has 160 valence electrons. The highest BCUT2D eigenvalue weighted by Crippen LogP contribution is 2.13. The quantitative estimate of drug-likeness (QED) is 0.154. The number of nitrogens with one attached hydrogen (secondary N) is 1. The largest absolute Gasteiger partial charge is 0.370 e. The average molecular weight is 388 g/mol. The Kier molecular flexibility index (Phi) is 16.5. The Labute approximate surface area is 174 Å². The predicted molar refractivity (Wildman–Crippen MR) is 126 cm³/mol. The lowest BCUT2D eigenvalue weighted by molar-refractivity contribution is 0.530. The number of unbranched alkanes of at least 4 members (excludes halogenated alkanes) is 15. The van der Waals surface area contributed by atoms with Gasteiger partial charge in [-0.25, -0.2) is 0 Å². The summed E-state index contributed by atoms with van der Waals surface area (Å²) in [7, 11) is 0. The van der Waals surface area contributed by atoms with Crippen LogP contribution in [0.3, 0.4) is 0 Å². The summed E-state index contributed by atoms with van der Waals surface area (Å²) in [6.45, 7) is 3.11. The molecule has 0 heterocycles. The van der Waals surface area contributed by atoms with E-state index < -0.39 is 0 Å². The average Bonchev–Trinajstić information content (AvgIpc) is 2.71. The van der Waals surface area contributed by atoms with Gasteiger partial charge < -0.3 is 11.1 Å². The zero-order valence-corrected chi connectivity index (χ0v) is 18.4. The van der Waals surface area contributed by atoms with Crippen LogP contribution in [0.1, 0.15) is 110 Å². The van der Waals surface area contributed by atoms with Crippen molar-refractivity contribution in [1.82, 2.24) is 0 Å². The molecule has 0 unspecified atom stereocenters. The first-order chi connectivity index (χ1) is 13.8. The zero-order valence-electron chi connectivity index (χ0n) is 18.4. The van der Waals surface area contributed by atoms with E-state index in [1.54, 1.807) is 0 Å². The van der Waals surface area contributed by atoms with Crippen molar-refractivity contribution in [2.45, 2.75) is 110 Å². The first-order valence-corrected chi connectivity index (χ1v) is 11.9. The van der Waals surface area contributed by atoms with Crippen molar-refractivity contribution in [1.29, 1.82) is 0 Å². The van der Waals surface area contributed by atoms with Gasteiger partial charge in [-0.15, -0.1) is 0 Å². The molecule has 0 bridgehead atoms. The Morgan fingerprint density at radius 2 is 1.11 bits per heavy atom. The van der Waals surface area contributed by atoms with Crippen LogP contribution < -0.4 is 11.1 Å². The lowest BCUT2D eigenvalue weighted by atomic mass is 10.0. The normalized spacial score (nSPS) is 11.7. The first kappa shape index (κ1) is 24.5. The zero-order chi connectivity index (χ0) is 20.1. The van der Waals surface area contributed by atoms with Gasteiger partial charge in [-0.2, -0.15) is 0 Å². The molecule has 0 aliphatic carbocycles. The molecule has 0 aliphatic heterocycles. The number of hydrogen-bond donors (Lipinski definition) is 2. The smallest absolute Gasteiger partial charge is 0.193 e. The lowest BCUT2D eigenvalue weighted by Gasteiger charge is -2.05. The summed E-state index contributed by atoms with van der Waals surface area (Å²) >= 11 is 0. The van der Waals surface area contributed by atoms with Crippen LogP contribution in [-0.4, -0.2) is 12.5 Å². The lowest BCUT2D eigenvalue weighted by Crippen LogP contribution is -2.22. The molecule has 3 nitrogen and oxygen atoms in total. The minimum absolute atomic E-state index is 0.521. The molecule has 1 aromatic rings. The minimum atomic E-state index is 0.521. The van der Waals surface area contributed by atoms with Gasteiger partial charge in [0, 0.05) is 12.2 Å². The minimum Gasteiger partial charge on any atom is -0.370 e. The number of para-hydroxylation sites is 1. The molecule has 0 amide bonds. The summed E-state index contributed by atoms with van der Waals surface area (Å²) in [4.78, 5) is 4.41. The number of anilines is 1. The SMILES string of the molecule is CCCCCCCCCCCCCCCCCCN=C(N)Nc1ccccc1. The third kappa shape index (κ3) is 15.5. The van der Waals surface area contributed by atoms with Crippen LogP contribution in [0.4, 0.5) is 5.69 Å². The summed E-state index contributed by atoms with van der Waals surface area (Å²) < 4.78 is 0. The molecular formula is C25H45N3. The van der Waals surface area contributed by atoms with Gasteiger partial charge in [0.2, 0.25) is 0 Å². The molecule has 3 heteroatoms. The standard InChI is InChI=1S/C25H45N3/c1-2-3-4-5-6-7-8-9-10-11-12-13-14-15-16-20-23-27-25(26)28-24-21-18-17-19-22-24/h17-19,21-22H,2-16,20,23H2,1H3,(H3,26,27,28). The molecule has 1 aromatic carbocycles. The third-order valence-electron chi connectivity index (χ3n) is 5.34. The van der Waals surface area contributed by atoms with Crippen LogP contribution in [0.25, 0.3) is 0 Å². The van der Waals surface area contributed by atoms with Crippen molar-refractivity contribution < 1.29 is 0 Å². The Morgan fingerprint density at radius 3 is 1.57 bits per heavy atom. The van der Waals surface area contributed by atoms with Crippen LogP contribution in [0.2, 0.25) is 0 Å². The van der Waals surface area contributed by atoms with Crippen molar-refractivity contribution in [2.24, 2.45) is 10.7 Å². The number of rotatable bonds is 18. The summed E-state index contributed by atoms with van der Waals surface area (Å²) in [5.74, 6) is 0.521. The van der Waals surface area contributed by atoms with E-state index in [1.165, 1.54) is 96.3 Å². The molecule has 28 heavy (non-hydrogen) atoms. The third-order valence-corrected chi connectivity index (χ3v) is 5.34. The van der Waals surface area contributed by atoms with Crippen LogP contribution in [0, 0.1) is 0 Å². The molecule has 0 spiro atoms. The fourth-order valence-corrected chi connectivity index (χ4v) is 3.57. The maximum Gasteiger partial charge on any atom is 0.193 e. The van der Waals surface area contributed by atoms with Crippen molar-refractivity contribution in [3.8, 4) is 0 Å². The van der Waals surface area contributed by atoms with Crippen molar-refractivity contribution in [2.75, 3.05) is 11.9 Å². The Morgan fingerprint density at radius 1 is 0.679 bits per heavy atom. The second-order valence-corrected chi connectivity index (χ2v) is 8.06. The molecule has 0 radical (unpaired) electrons. The molecule has 1 rings (SSSR count). The Bertz CT molecular complexity index is 470. The fraction of sp³-hybridized carbons (Fsp3) is 0.720. The second-order valence-electron chi connectivity index (χ2n) is 8.06. The van der Waals surface area contributed by atoms with Crippen LogP contribution >= 0.6 is 0 Å². The maximum absolute atomic E-state index is 5.91. The van der Waals surface area contributed by atoms with Gasteiger partial charge >= 0.3 is 0 Å². The van der Waals surface area contributed by atoms with E-state index in [9.17, 15) is 0 Å². The van der Waals surface area contributed by atoms with Crippen molar-refractivity contribution >= 4 is 11.6 Å². The van der Waals surface area contributed by atoms with Gasteiger partial charge in [-0.3, -0.25) is 4.99 Å². The number of hydrogen-bond acceptors (Lipinski definition) is 1. The predicted octanol–water partition coefficient (Wildman–Crippen LogP) is 7.67. The van der Waals surface area contributed by atoms with Gasteiger partial charge in [0.15, 0.2) is 5.96 Å². The summed E-state index contributed by atoms with van der Waals surface area (Å²) in [6.07, 6.45) is 22.3. The topological polar surface area (TPSA) is 50.4 Å².